The fourth-order valence-corrected chi connectivity index (χ4v) is 9.50. The van der Waals surface area contributed by atoms with Crippen molar-refractivity contribution in [3.8, 4) is 0 Å². The van der Waals surface area contributed by atoms with E-state index in [0.29, 0.717) is 123 Å². The normalized spacial score (nSPS) is 11.9. The van der Waals surface area contributed by atoms with Gasteiger partial charge in [0.2, 0.25) is 23.6 Å². The number of amides is 4. The second-order valence-electron chi connectivity index (χ2n) is 23.4. The molecule has 0 aliphatic carbocycles. The number of hydrogen-bond acceptors (Lipinski definition) is 18. The third kappa shape index (κ3) is 65.1. The van der Waals surface area contributed by atoms with Gasteiger partial charge in [-0.3, -0.25) is 47.9 Å². The summed E-state index contributed by atoms with van der Waals surface area (Å²) in [5, 5.41) is 28.5. The summed E-state index contributed by atoms with van der Waals surface area (Å²) in [7, 11) is 0. The van der Waals surface area contributed by atoms with E-state index in [1.54, 1.807) is 0 Å². The zero-order chi connectivity index (χ0) is 66.9. The van der Waals surface area contributed by atoms with Crippen LogP contribution in [0.25, 0.3) is 0 Å². The first kappa shape index (κ1) is 86.2. The van der Waals surface area contributed by atoms with Gasteiger partial charge in [-0.25, -0.2) is 0 Å². The van der Waals surface area contributed by atoms with Gasteiger partial charge in [-0.05, 0) is 71.1 Å². The molecule has 0 bridgehead atoms. The van der Waals surface area contributed by atoms with Gasteiger partial charge in [-0.1, -0.05) is 110 Å². The Morgan fingerprint density at radius 3 is 1.07 bits per heavy atom. The number of rotatable bonds is 72. The Labute approximate surface area is 543 Å². The standard InChI is InChI=1S/C67H120N4O20/c1-56(27-21-23-35-68-63(77)53-89-48-44-85-40-26-31-60(74)52-88-47-45-86-41-37-70-62(76)32-18-14-10-7-8-12-16-20-34-67(82)83)61(75)51-58(57(2)72)28-22-24-36-69-64(78)54-91-50-46-87-42-38-71-65(79)55-90-49-43-84-39-25-30-59(73)29-17-13-9-5-3-4-6-11-15-19-33-66(80)81/h56,58H,3-55H2,1-2H3,(H,68,77)(H,69,78)(H,70,76)(H,71,79)(H,80,81)(H,82,83)/t56-,58+/m0/s1. The Hall–Kier alpha value is -4.82. The molecule has 0 heterocycles. The third-order valence-electron chi connectivity index (χ3n) is 15.0. The summed E-state index contributed by atoms with van der Waals surface area (Å²) in [6.45, 7) is 8.17. The van der Waals surface area contributed by atoms with Crippen LogP contribution in [-0.2, 0) is 85.8 Å². The molecule has 0 aromatic heterocycles. The monoisotopic (exact) mass is 1300 g/mol. The van der Waals surface area contributed by atoms with Crippen LogP contribution in [-0.4, -0.2) is 201 Å². The number of unbranched alkanes of at least 4 members (excludes halogenated alkanes) is 18. The number of Topliss-reactive ketones (excluding diaryl/α,β-unsaturated/α-hetero) is 4. The van der Waals surface area contributed by atoms with E-state index in [0.717, 1.165) is 103 Å². The molecule has 0 aromatic rings. The molecular weight excluding hydrogens is 1180 g/mol. The number of carboxylic acid groups (broad SMARTS) is 2. The van der Waals surface area contributed by atoms with E-state index in [4.69, 9.17) is 48.1 Å². The highest BCUT2D eigenvalue weighted by Gasteiger charge is 2.22. The summed E-state index contributed by atoms with van der Waals surface area (Å²) in [4.78, 5) is 119. The molecule has 91 heavy (non-hydrogen) atoms. The lowest BCUT2D eigenvalue weighted by Crippen LogP contribution is -2.31. The lowest BCUT2D eigenvalue weighted by molar-refractivity contribution is -0.138. The van der Waals surface area contributed by atoms with Crippen molar-refractivity contribution in [2.75, 3.05) is 132 Å². The first-order chi connectivity index (χ1) is 44.1. The minimum Gasteiger partial charge on any atom is -0.481 e. The highest BCUT2D eigenvalue weighted by atomic mass is 16.5. The fraction of sp³-hybridized carbons (Fsp3) is 0.851. The minimum atomic E-state index is -0.739. The number of hydrogen-bond donors (Lipinski definition) is 6. The van der Waals surface area contributed by atoms with Gasteiger partial charge < -0.3 is 69.4 Å². The van der Waals surface area contributed by atoms with Crippen LogP contribution in [0.15, 0.2) is 0 Å². The zero-order valence-corrected chi connectivity index (χ0v) is 55.9. The summed E-state index contributed by atoms with van der Waals surface area (Å²) in [5.74, 6) is -2.64. The first-order valence-electron chi connectivity index (χ1n) is 34.3. The molecular formula is C67H120N4O20. The summed E-state index contributed by atoms with van der Waals surface area (Å²) in [6.07, 6.45) is 26.2. The van der Waals surface area contributed by atoms with Crippen molar-refractivity contribution < 1.29 is 96.1 Å². The van der Waals surface area contributed by atoms with Crippen LogP contribution in [0.3, 0.4) is 0 Å². The highest BCUT2D eigenvalue weighted by molar-refractivity contribution is 5.87. The van der Waals surface area contributed by atoms with E-state index < -0.39 is 11.9 Å². The number of aliphatic carboxylic acids is 2. The van der Waals surface area contributed by atoms with Crippen LogP contribution in [0.1, 0.15) is 226 Å². The van der Waals surface area contributed by atoms with E-state index >= 15 is 0 Å². The van der Waals surface area contributed by atoms with Gasteiger partial charge in [0, 0.05) is 96.2 Å². The average molecular weight is 1300 g/mol. The van der Waals surface area contributed by atoms with Crippen molar-refractivity contribution in [2.45, 2.75) is 226 Å². The Morgan fingerprint density at radius 1 is 0.308 bits per heavy atom. The molecule has 2 atom stereocenters. The molecule has 0 saturated heterocycles. The summed E-state index contributed by atoms with van der Waals surface area (Å²) < 4.78 is 43.5. The van der Waals surface area contributed by atoms with Crippen LogP contribution >= 0.6 is 0 Å². The largest absolute Gasteiger partial charge is 0.481 e. The minimum absolute atomic E-state index is 0.00204. The Bertz CT molecular complexity index is 1890. The SMILES string of the molecule is CC(=O)[C@H](CCCCNC(=O)COCCOCCNC(=O)COCCOCCCC(=O)CCCCCCCCCCCCC(=O)O)CC(=O)[C@@H](C)CCCCNC(=O)COCCOCCCC(=O)COCCOCCNC(=O)CCCCCCCCCCC(=O)O. The molecule has 0 spiro atoms. The van der Waals surface area contributed by atoms with Crippen LogP contribution < -0.4 is 21.3 Å². The number of carboxylic acids is 2. The van der Waals surface area contributed by atoms with Crippen LogP contribution in [0, 0.1) is 11.8 Å². The molecule has 0 saturated carbocycles. The molecule has 0 rings (SSSR count). The van der Waals surface area contributed by atoms with Gasteiger partial charge in [0.1, 0.15) is 43.8 Å². The molecule has 0 fully saturated rings. The number of carbonyl (C=O) groups excluding carboxylic acids is 8. The van der Waals surface area contributed by atoms with Gasteiger partial charge in [-0.2, -0.15) is 0 Å². The second-order valence-corrected chi connectivity index (χ2v) is 23.4. The quantitative estimate of drug-likeness (QED) is 0.0313. The van der Waals surface area contributed by atoms with Crippen molar-refractivity contribution in [2.24, 2.45) is 11.8 Å². The number of nitrogens with one attached hydrogen (secondary N) is 4. The average Bonchev–Trinajstić information content (AvgIpc) is 3.72. The van der Waals surface area contributed by atoms with Crippen LogP contribution in [0.2, 0.25) is 0 Å². The molecule has 24 heteroatoms. The number of carbonyl (C=O) groups is 10. The third-order valence-corrected chi connectivity index (χ3v) is 15.0. The molecule has 4 amide bonds. The Balaban J connectivity index is 3.67. The van der Waals surface area contributed by atoms with Crippen molar-refractivity contribution in [3.05, 3.63) is 0 Å². The van der Waals surface area contributed by atoms with Gasteiger partial charge in [0.25, 0.3) is 0 Å². The maximum absolute atomic E-state index is 13.0. The molecule has 0 aromatic carbocycles. The van der Waals surface area contributed by atoms with Crippen LogP contribution in [0.5, 0.6) is 0 Å². The van der Waals surface area contributed by atoms with E-state index in [1.807, 2.05) is 6.92 Å². The van der Waals surface area contributed by atoms with Crippen molar-refractivity contribution in [1.82, 2.24) is 21.3 Å². The Morgan fingerprint density at radius 2 is 0.637 bits per heavy atom. The van der Waals surface area contributed by atoms with E-state index in [-0.39, 0.29) is 157 Å². The second kappa shape index (κ2) is 65.3. The van der Waals surface area contributed by atoms with E-state index in [9.17, 15) is 47.9 Å². The zero-order valence-electron chi connectivity index (χ0n) is 55.9. The van der Waals surface area contributed by atoms with Gasteiger partial charge in [-0.15, -0.1) is 0 Å². The van der Waals surface area contributed by atoms with E-state index in [1.165, 1.54) is 26.2 Å². The molecule has 0 radical (unpaired) electrons. The lowest BCUT2D eigenvalue weighted by Gasteiger charge is -2.16. The number of ether oxygens (including phenoxy) is 8. The van der Waals surface area contributed by atoms with E-state index in [2.05, 4.69) is 21.3 Å². The molecule has 0 aliphatic rings. The Kier molecular flexibility index (Phi) is 61.8. The maximum atomic E-state index is 13.0. The number of ketones is 4. The molecule has 24 nitrogen and oxygen atoms in total. The smallest absolute Gasteiger partial charge is 0.303 e. The lowest BCUT2D eigenvalue weighted by atomic mass is 9.87. The van der Waals surface area contributed by atoms with Gasteiger partial charge in [0.05, 0.1) is 66.1 Å². The summed E-state index contributed by atoms with van der Waals surface area (Å²) in [6, 6.07) is 0. The molecule has 6 N–H and O–H groups in total. The topological polar surface area (TPSA) is 333 Å². The maximum Gasteiger partial charge on any atom is 0.303 e. The van der Waals surface area contributed by atoms with Crippen molar-refractivity contribution >= 4 is 58.7 Å². The van der Waals surface area contributed by atoms with Crippen molar-refractivity contribution in [1.29, 1.82) is 0 Å². The summed E-state index contributed by atoms with van der Waals surface area (Å²) >= 11 is 0. The summed E-state index contributed by atoms with van der Waals surface area (Å²) in [5.41, 5.74) is 0. The first-order valence-corrected chi connectivity index (χ1v) is 34.3. The highest BCUT2D eigenvalue weighted by Crippen LogP contribution is 2.20. The predicted octanol–water partition coefficient (Wildman–Crippen LogP) is 8.18. The molecule has 0 unspecified atom stereocenters. The molecule has 528 valence electrons. The fourth-order valence-electron chi connectivity index (χ4n) is 9.50. The van der Waals surface area contributed by atoms with Crippen LogP contribution in [0.4, 0.5) is 0 Å². The van der Waals surface area contributed by atoms with Gasteiger partial charge >= 0.3 is 11.9 Å². The predicted molar refractivity (Wildman–Crippen MR) is 345 cm³/mol. The van der Waals surface area contributed by atoms with Gasteiger partial charge in [0.15, 0.2) is 5.78 Å². The molecule has 0 aliphatic heterocycles. The van der Waals surface area contributed by atoms with Crippen molar-refractivity contribution in [3.63, 3.8) is 0 Å².